The van der Waals surface area contributed by atoms with Crippen LogP contribution in [-0.4, -0.2) is 104 Å². The quantitative estimate of drug-likeness (QED) is 0.452. The summed E-state index contributed by atoms with van der Waals surface area (Å²) in [6.45, 7) is 9.30. The van der Waals surface area contributed by atoms with Crippen LogP contribution in [0.5, 0.6) is 0 Å². The van der Waals surface area contributed by atoms with E-state index in [0.29, 0.717) is 13.2 Å². The molecule has 0 aromatic heterocycles. The van der Waals surface area contributed by atoms with Gasteiger partial charge in [-0.1, -0.05) is 36.8 Å². The molecule has 4 rings (SSSR count). The predicted octanol–water partition coefficient (Wildman–Crippen LogP) is 3.02. The van der Waals surface area contributed by atoms with Crippen molar-refractivity contribution in [1.29, 1.82) is 0 Å². The first-order chi connectivity index (χ1) is 17.1. The Balaban J connectivity index is 1.22. The highest BCUT2D eigenvalue weighted by molar-refractivity contribution is 5.78. The minimum atomic E-state index is -0.118. The van der Waals surface area contributed by atoms with Gasteiger partial charge < -0.3 is 19.4 Å². The van der Waals surface area contributed by atoms with E-state index in [1.54, 1.807) is 7.11 Å². The monoisotopic (exact) mass is 484 g/mol. The van der Waals surface area contributed by atoms with E-state index < -0.39 is 0 Å². The number of nitrogens with zero attached hydrogens (tertiary/aromatic N) is 4. The number of carbonyl (C=O) groups excluding carboxylic acids is 2. The average molecular weight is 485 g/mol. The molecule has 3 atom stereocenters. The normalized spacial score (nSPS) is 25.1. The Hall–Kier alpha value is -1.96. The van der Waals surface area contributed by atoms with Crippen LogP contribution in [-0.2, 0) is 14.3 Å². The lowest BCUT2D eigenvalue weighted by Crippen LogP contribution is -2.67. The number of hydrogen-bond donors (Lipinski definition) is 0. The van der Waals surface area contributed by atoms with Crippen molar-refractivity contribution in [2.45, 2.75) is 63.6 Å². The highest BCUT2D eigenvalue weighted by Crippen LogP contribution is 2.30. The second kappa shape index (κ2) is 12.8. The number of carbonyl (C=O) groups is 2. The van der Waals surface area contributed by atoms with Crippen LogP contribution >= 0.6 is 0 Å². The molecule has 194 valence electrons. The molecule has 1 aromatic carbocycles. The Kier molecular flexibility index (Phi) is 9.58. The van der Waals surface area contributed by atoms with Crippen molar-refractivity contribution in [2.75, 3.05) is 59.5 Å². The Bertz CT molecular complexity index is 793. The van der Waals surface area contributed by atoms with Crippen LogP contribution < -0.4 is 0 Å². The van der Waals surface area contributed by atoms with Crippen molar-refractivity contribution in [1.82, 2.24) is 19.6 Å². The largest absolute Gasteiger partial charge is 0.382 e. The van der Waals surface area contributed by atoms with Crippen molar-refractivity contribution in [3.05, 3.63) is 35.9 Å². The van der Waals surface area contributed by atoms with Gasteiger partial charge in [-0.2, -0.15) is 0 Å². The summed E-state index contributed by atoms with van der Waals surface area (Å²) in [4.78, 5) is 33.9. The zero-order chi connectivity index (χ0) is 24.6. The number of likely N-dealkylation sites (tertiary alicyclic amines) is 3. The topological polar surface area (TPSA) is 56.3 Å². The van der Waals surface area contributed by atoms with Gasteiger partial charge in [0.2, 0.25) is 12.3 Å². The number of ether oxygens (including phenoxy) is 1. The third-order valence-electron chi connectivity index (χ3n) is 8.54. The summed E-state index contributed by atoms with van der Waals surface area (Å²) < 4.78 is 5.45. The Morgan fingerprint density at radius 2 is 1.83 bits per heavy atom. The van der Waals surface area contributed by atoms with Crippen LogP contribution in [0.3, 0.4) is 0 Å². The molecule has 2 amide bonds. The smallest absolute Gasteiger partial charge is 0.236 e. The molecule has 0 bridgehead atoms. The highest BCUT2D eigenvalue weighted by Gasteiger charge is 2.43. The molecule has 7 heteroatoms. The fourth-order valence-corrected chi connectivity index (χ4v) is 6.08. The second-order valence-corrected chi connectivity index (χ2v) is 10.7. The standard InChI is InChI=1S/C28H44N4O3/c1-23-26(32(22-33)27(21-35-2)25-9-5-3-6-10-25)19-31(23)20-28(34)30-17-12-24(13-18-30)11-16-29-14-7-4-8-15-29/h3,5-6,9-10,22-24,26-27H,4,7-8,11-21H2,1-2H3. The van der Waals surface area contributed by atoms with Crippen LogP contribution in [0.4, 0.5) is 0 Å². The molecule has 7 nitrogen and oxygen atoms in total. The highest BCUT2D eigenvalue weighted by atomic mass is 16.5. The molecule has 0 N–H and O–H groups in total. The summed E-state index contributed by atoms with van der Waals surface area (Å²) in [5.74, 6) is 0.990. The minimum absolute atomic E-state index is 0.0844. The molecule has 3 unspecified atom stereocenters. The van der Waals surface area contributed by atoms with E-state index in [4.69, 9.17) is 4.74 Å². The van der Waals surface area contributed by atoms with Gasteiger partial charge in [0.25, 0.3) is 0 Å². The number of amides is 2. The van der Waals surface area contributed by atoms with E-state index in [-0.39, 0.29) is 24.0 Å². The van der Waals surface area contributed by atoms with Crippen molar-refractivity contribution >= 4 is 12.3 Å². The molecule has 3 aliphatic heterocycles. The SMILES string of the molecule is COCC(c1ccccc1)N(C=O)C1CN(CC(=O)N2CCC(CCN3CCCCC3)CC2)C1C. The Labute approximate surface area is 211 Å². The van der Waals surface area contributed by atoms with Gasteiger partial charge in [0.1, 0.15) is 0 Å². The molecule has 0 spiro atoms. The van der Waals surface area contributed by atoms with Crippen LogP contribution in [0.2, 0.25) is 0 Å². The summed E-state index contributed by atoms with van der Waals surface area (Å²) in [6, 6.07) is 10.2. The number of benzene rings is 1. The maximum absolute atomic E-state index is 13.0. The minimum Gasteiger partial charge on any atom is -0.382 e. The second-order valence-electron chi connectivity index (χ2n) is 10.7. The van der Waals surface area contributed by atoms with Gasteiger partial charge in [-0.15, -0.1) is 0 Å². The zero-order valence-electron chi connectivity index (χ0n) is 21.7. The number of methoxy groups -OCH3 is 1. The van der Waals surface area contributed by atoms with Gasteiger partial charge in [0.15, 0.2) is 0 Å². The molecule has 3 heterocycles. The molecule has 3 aliphatic rings. The van der Waals surface area contributed by atoms with Gasteiger partial charge in [-0.05, 0) is 70.1 Å². The van der Waals surface area contributed by atoms with Gasteiger partial charge in [0.05, 0.1) is 25.2 Å². The summed E-state index contributed by atoms with van der Waals surface area (Å²) in [5, 5.41) is 0. The van der Waals surface area contributed by atoms with E-state index >= 15 is 0 Å². The van der Waals surface area contributed by atoms with Gasteiger partial charge in [-0.3, -0.25) is 14.5 Å². The van der Waals surface area contributed by atoms with Crippen molar-refractivity contribution in [3.8, 4) is 0 Å². The van der Waals surface area contributed by atoms with Gasteiger partial charge in [0, 0.05) is 32.8 Å². The maximum Gasteiger partial charge on any atom is 0.236 e. The van der Waals surface area contributed by atoms with Gasteiger partial charge >= 0.3 is 0 Å². The molecule has 0 radical (unpaired) electrons. The average Bonchev–Trinajstić information content (AvgIpc) is 2.91. The van der Waals surface area contributed by atoms with Crippen molar-refractivity contribution < 1.29 is 14.3 Å². The van der Waals surface area contributed by atoms with Crippen molar-refractivity contribution in [2.24, 2.45) is 5.92 Å². The Morgan fingerprint density at radius 3 is 2.46 bits per heavy atom. The fraction of sp³-hybridized carbons (Fsp3) is 0.714. The van der Waals surface area contributed by atoms with E-state index in [9.17, 15) is 9.59 Å². The molecule has 0 aliphatic carbocycles. The molecular formula is C28H44N4O3. The molecular weight excluding hydrogens is 440 g/mol. The van der Waals surface area contributed by atoms with Crippen LogP contribution in [0.15, 0.2) is 30.3 Å². The van der Waals surface area contributed by atoms with E-state index in [2.05, 4.69) is 21.6 Å². The number of rotatable bonds is 11. The first-order valence-electron chi connectivity index (χ1n) is 13.6. The summed E-state index contributed by atoms with van der Waals surface area (Å²) in [6.07, 6.45) is 8.59. The lowest BCUT2D eigenvalue weighted by Gasteiger charge is -2.52. The van der Waals surface area contributed by atoms with E-state index in [1.807, 2.05) is 35.2 Å². The molecule has 3 fully saturated rings. The zero-order valence-corrected chi connectivity index (χ0v) is 21.7. The molecule has 3 saturated heterocycles. The number of piperidine rings is 2. The summed E-state index contributed by atoms with van der Waals surface area (Å²) in [5.41, 5.74) is 1.08. The van der Waals surface area contributed by atoms with E-state index in [1.165, 1.54) is 45.3 Å². The van der Waals surface area contributed by atoms with Crippen LogP contribution in [0.1, 0.15) is 57.1 Å². The fourth-order valence-electron chi connectivity index (χ4n) is 6.08. The third-order valence-corrected chi connectivity index (χ3v) is 8.54. The van der Waals surface area contributed by atoms with E-state index in [0.717, 1.165) is 50.4 Å². The van der Waals surface area contributed by atoms with Crippen LogP contribution in [0.25, 0.3) is 0 Å². The molecule has 1 aromatic rings. The lowest BCUT2D eigenvalue weighted by atomic mass is 9.92. The van der Waals surface area contributed by atoms with Gasteiger partial charge in [-0.25, -0.2) is 0 Å². The lowest BCUT2D eigenvalue weighted by molar-refractivity contribution is -0.142. The number of hydrogen-bond acceptors (Lipinski definition) is 5. The molecule has 35 heavy (non-hydrogen) atoms. The third kappa shape index (κ3) is 6.63. The summed E-state index contributed by atoms with van der Waals surface area (Å²) >= 11 is 0. The molecule has 0 saturated carbocycles. The van der Waals surface area contributed by atoms with Crippen molar-refractivity contribution in [3.63, 3.8) is 0 Å². The Morgan fingerprint density at radius 1 is 1.11 bits per heavy atom. The summed E-state index contributed by atoms with van der Waals surface area (Å²) in [7, 11) is 1.67. The first kappa shape index (κ1) is 26.1. The first-order valence-corrected chi connectivity index (χ1v) is 13.6. The maximum atomic E-state index is 13.0. The predicted molar refractivity (Wildman–Crippen MR) is 138 cm³/mol. The van der Waals surface area contributed by atoms with Crippen LogP contribution in [0, 0.1) is 5.92 Å².